The highest BCUT2D eigenvalue weighted by atomic mass is 15.2. The van der Waals surface area contributed by atoms with E-state index in [4.69, 9.17) is 5.73 Å². The molecule has 2 aliphatic heterocycles. The van der Waals surface area contributed by atoms with Gasteiger partial charge in [0, 0.05) is 24.7 Å². The first-order valence-corrected chi connectivity index (χ1v) is 6.43. The molecule has 2 fully saturated rings. The Morgan fingerprint density at radius 1 is 1.27 bits per heavy atom. The van der Waals surface area contributed by atoms with Gasteiger partial charge in [-0.1, -0.05) is 18.6 Å². The zero-order chi connectivity index (χ0) is 10.7. The summed E-state index contributed by atoms with van der Waals surface area (Å²) in [5.41, 5.74) is 6.10. The van der Waals surface area contributed by atoms with Crippen LogP contribution in [0.3, 0.4) is 0 Å². The lowest BCUT2D eigenvalue weighted by Gasteiger charge is -2.48. The van der Waals surface area contributed by atoms with E-state index in [-0.39, 0.29) is 0 Å². The Balaban J connectivity index is 1.92. The second-order valence-corrected chi connectivity index (χ2v) is 5.07. The molecular weight excluding hydrogens is 184 g/mol. The third kappa shape index (κ3) is 2.61. The van der Waals surface area contributed by atoms with E-state index >= 15 is 0 Å². The fraction of sp³-hybridized carbons (Fsp3) is 0.846. The molecule has 86 valence electrons. The van der Waals surface area contributed by atoms with Crippen LogP contribution >= 0.6 is 0 Å². The van der Waals surface area contributed by atoms with Gasteiger partial charge in [-0.3, -0.25) is 4.90 Å². The molecule has 15 heavy (non-hydrogen) atoms. The van der Waals surface area contributed by atoms with Gasteiger partial charge in [0.15, 0.2) is 0 Å². The highest BCUT2D eigenvalue weighted by Crippen LogP contribution is 2.33. The van der Waals surface area contributed by atoms with Crippen molar-refractivity contribution in [1.82, 2.24) is 4.90 Å². The maximum atomic E-state index is 6.10. The van der Waals surface area contributed by atoms with Crippen molar-refractivity contribution in [2.45, 2.75) is 63.6 Å². The van der Waals surface area contributed by atoms with Crippen molar-refractivity contribution >= 4 is 0 Å². The smallest absolute Gasteiger partial charge is 0.0113 e. The van der Waals surface area contributed by atoms with E-state index in [0.717, 1.165) is 12.1 Å². The Morgan fingerprint density at radius 2 is 1.93 bits per heavy atom. The molecule has 0 aliphatic carbocycles. The summed E-state index contributed by atoms with van der Waals surface area (Å²) in [7, 11) is 0. The number of rotatable bonds is 3. The zero-order valence-electron chi connectivity index (χ0n) is 9.86. The molecule has 0 aromatic rings. The molecule has 2 saturated heterocycles. The van der Waals surface area contributed by atoms with Gasteiger partial charge in [0.05, 0.1) is 0 Å². The Bertz CT molecular complexity index is 211. The third-order valence-corrected chi connectivity index (χ3v) is 3.95. The first-order chi connectivity index (χ1) is 7.31. The minimum Gasteiger partial charge on any atom is -0.328 e. The number of hydrogen-bond acceptors (Lipinski definition) is 2. The highest BCUT2D eigenvalue weighted by molar-refractivity contribution is 4.94. The average molecular weight is 208 g/mol. The van der Waals surface area contributed by atoms with Crippen LogP contribution < -0.4 is 5.73 Å². The summed E-state index contributed by atoms with van der Waals surface area (Å²) in [5, 5.41) is 0. The van der Waals surface area contributed by atoms with Gasteiger partial charge in [0.1, 0.15) is 0 Å². The first-order valence-electron chi connectivity index (χ1n) is 6.43. The number of allylic oxidation sites excluding steroid dienone is 1. The summed E-state index contributed by atoms with van der Waals surface area (Å²) in [5.74, 6) is 0. The van der Waals surface area contributed by atoms with Crippen molar-refractivity contribution in [3.8, 4) is 0 Å². The lowest BCUT2D eigenvalue weighted by atomic mass is 9.82. The zero-order valence-corrected chi connectivity index (χ0v) is 9.86. The third-order valence-electron chi connectivity index (χ3n) is 3.95. The van der Waals surface area contributed by atoms with Gasteiger partial charge in [-0.25, -0.2) is 0 Å². The molecule has 0 aromatic carbocycles. The molecule has 0 spiro atoms. The van der Waals surface area contributed by atoms with E-state index in [1.165, 1.54) is 45.1 Å². The van der Waals surface area contributed by atoms with Gasteiger partial charge in [0.25, 0.3) is 0 Å². The van der Waals surface area contributed by atoms with Crippen molar-refractivity contribution in [2.24, 2.45) is 5.73 Å². The minimum absolute atomic E-state index is 0.471. The van der Waals surface area contributed by atoms with Crippen molar-refractivity contribution in [1.29, 1.82) is 0 Å². The molecule has 2 N–H and O–H groups in total. The van der Waals surface area contributed by atoms with Gasteiger partial charge in [0.2, 0.25) is 0 Å². The van der Waals surface area contributed by atoms with E-state index in [9.17, 15) is 0 Å². The molecule has 2 bridgehead atoms. The van der Waals surface area contributed by atoms with Gasteiger partial charge in [-0.2, -0.15) is 0 Å². The van der Waals surface area contributed by atoms with Crippen LogP contribution in [0.5, 0.6) is 0 Å². The fourth-order valence-electron chi connectivity index (χ4n) is 3.28. The summed E-state index contributed by atoms with van der Waals surface area (Å²) in [6, 6.07) is 2.05. The standard InChI is InChI=1S/C13H24N2/c1-2-3-4-8-15-12-6-5-7-13(15)10-11(14)9-12/h2-3,11-13H,4-10,14H2,1H3/b3-2+. The SMILES string of the molecule is C/C=C/CCN1C2CCCC1CC(N)C2. The molecule has 0 radical (unpaired) electrons. The van der Waals surface area contributed by atoms with Crippen LogP contribution in [-0.2, 0) is 0 Å². The van der Waals surface area contributed by atoms with Gasteiger partial charge >= 0.3 is 0 Å². The fourth-order valence-corrected chi connectivity index (χ4v) is 3.28. The topological polar surface area (TPSA) is 29.3 Å². The number of fused-ring (bicyclic) bond motifs is 2. The molecule has 2 nitrogen and oxygen atoms in total. The molecular formula is C13H24N2. The molecule has 0 amide bonds. The lowest BCUT2D eigenvalue weighted by molar-refractivity contribution is 0.0333. The van der Waals surface area contributed by atoms with Crippen LogP contribution in [0.15, 0.2) is 12.2 Å². The number of hydrogen-bond donors (Lipinski definition) is 1. The van der Waals surface area contributed by atoms with Crippen LogP contribution in [0.4, 0.5) is 0 Å². The van der Waals surface area contributed by atoms with Crippen molar-refractivity contribution in [2.75, 3.05) is 6.54 Å². The number of nitrogens with two attached hydrogens (primary N) is 1. The Kier molecular flexibility index (Phi) is 3.81. The van der Waals surface area contributed by atoms with E-state index < -0.39 is 0 Å². The van der Waals surface area contributed by atoms with E-state index in [2.05, 4.69) is 24.0 Å². The maximum Gasteiger partial charge on any atom is 0.0113 e. The summed E-state index contributed by atoms with van der Waals surface area (Å²) in [6.45, 7) is 3.35. The quantitative estimate of drug-likeness (QED) is 0.721. The van der Waals surface area contributed by atoms with Gasteiger partial charge in [-0.05, 0) is 39.0 Å². The highest BCUT2D eigenvalue weighted by Gasteiger charge is 2.36. The van der Waals surface area contributed by atoms with Crippen LogP contribution in [-0.4, -0.2) is 29.6 Å². The van der Waals surface area contributed by atoms with E-state index in [1.807, 2.05) is 0 Å². The Hall–Kier alpha value is -0.340. The predicted octanol–water partition coefficient (Wildman–Crippen LogP) is 2.30. The van der Waals surface area contributed by atoms with Crippen LogP contribution in [0, 0.1) is 0 Å². The summed E-state index contributed by atoms with van der Waals surface area (Å²) < 4.78 is 0. The van der Waals surface area contributed by atoms with Crippen molar-refractivity contribution in [3.05, 3.63) is 12.2 Å². The second-order valence-electron chi connectivity index (χ2n) is 5.07. The maximum absolute atomic E-state index is 6.10. The number of nitrogens with zero attached hydrogens (tertiary/aromatic N) is 1. The molecule has 2 atom stereocenters. The molecule has 0 aromatic heterocycles. The van der Waals surface area contributed by atoms with Gasteiger partial charge in [-0.15, -0.1) is 0 Å². The molecule has 2 heteroatoms. The Morgan fingerprint density at radius 3 is 2.53 bits per heavy atom. The summed E-state index contributed by atoms with van der Waals surface area (Å²) >= 11 is 0. The van der Waals surface area contributed by atoms with Gasteiger partial charge < -0.3 is 5.73 Å². The lowest BCUT2D eigenvalue weighted by Crippen LogP contribution is -2.55. The monoisotopic (exact) mass is 208 g/mol. The summed E-state index contributed by atoms with van der Waals surface area (Å²) in [6.07, 6.45) is 12.3. The normalized spacial score (nSPS) is 37.3. The van der Waals surface area contributed by atoms with E-state index in [0.29, 0.717) is 6.04 Å². The van der Waals surface area contributed by atoms with Crippen LogP contribution in [0.25, 0.3) is 0 Å². The van der Waals surface area contributed by atoms with E-state index in [1.54, 1.807) is 0 Å². The molecule has 2 unspecified atom stereocenters. The van der Waals surface area contributed by atoms with Crippen molar-refractivity contribution in [3.63, 3.8) is 0 Å². The van der Waals surface area contributed by atoms with Crippen LogP contribution in [0.1, 0.15) is 45.4 Å². The Labute approximate surface area is 93.5 Å². The second kappa shape index (κ2) is 5.13. The van der Waals surface area contributed by atoms with Crippen molar-refractivity contribution < 1.29 is 0 Å². The molecule has 2 rings (SSSR count). The predicted molar refractivity (Wildman–Crippen MR) is 64.8 cm³/mol. The first kappa shape index (κ1) is 11.2. The molecule has 2 heterocycles. The number of piperidine rings is 2. The minimum atomic E-state index is 0.471. The largest absolute Gasteiger partial charge is 0.328 e. The average Bonchev–Trinajstić information content (AvgIpc) is 2.19. The molecule has 0 saturated carbocycles. The summed E-state index contributed by atoms with van der Waals surface area (Å²) in [4.78, 5) is 2.73. The van der Waals surface area contributed by atoms with Crippen LogP contribution in [0.2, 0.25) is 0 Å². The molecule has 2 aliphatic rings.